The van der Waals surface area contributed by atoms with E-state index in [0.717, 1.165) is 37.9 Å². The Morgan fingerprint density at radius 3 is 2.43 bits per heavy atom. The Morgan fingerprint density at radius 2 is 1.78 bits per heavy atom. The van der Waals surface area contributed by atoms with Gasteiger partial charge in [-0.3, -0.25) is 9.69 Å². The van der Waals surface area contributed by atoms with Gasteiger partial charge in [0, 0.05) is 43.4 Å². The molecular formula is C17H19ClN4O. The van der Waals surface area contributed by atoms with Gasteiger partial charge in [0.2, 0.25) is 0 Å². The molecule has 5 nitrogen and oxygen atoms in total. The first-order valence-corrected chi connectivity index (χ1v) is 8.42. The molecule has 1 amide bonds. The van der Waals surface area contributed by atoms with E-state index in [1.165, 1.54) is 12.8 Å². The predicted molar refractivity (Wildman–Crippen MR) is 89.1 cm³/mol. The Kier molecular flexibility index (Phi) is 3.83. The van der Waals surface area contributed by atoms with Crippen LogP contribution in [0.25, 0.3) is 5.69 Å². The summed E-state index contributed by atoms with van der Waals surface area (Å²) < 4.78 is 1.71. The molecule has 0 spiro atoms. The van der Waals surface area contributed by atoms with Gasteiger partial charge in [-0.1, -0.05) is 11.6 Å². The molecule has 23 heavy (non-hydrogen) atoms. The lowest BCUT2D eigenvalue weighted by molar-refractivity contribution is 0.0627. The highest BCUT2D eigenvalue weighted by atomic mass is 35.5. The van der Waals surface area contributed by atoms with Crippen LogP contribution >= 0.6 is 11.6 Å². The van der Waals surface area contributed by atoms with E-state index >= 15 is 0 Å². The third-order valence-electron chi connectivity index (χ3n) is 4.59. The topological polar surface area (TPSA) is 41.4 Å². The van der Waals surface area contributed by atoms with E-state index in [4.69, 9.17) is 11.6 Å². The fraction of sp³-hybridized carbons (Fsp3) is 0.412. The average molecular weight is 331 g/mol. The van der Waals surface area contributed by atoms with Crippen LogP contribution < -0.4 is 0 Å². The van der Waals surface area contributed by atoms with Crippen LogP contribution in [0.4, 0.5) is 0 Å². The summed E-state index contributed by atoms with van der Waals surface area (Å²) in [6.07, 6.45) is 6.08. The fourth-order valence-electron chi connectivity index (χ4n) is 3.08. The number of piperazine rings is 1. The van der Waals surface area contributed by atoms with Crippen LogP contribution in [0.5, 0.6) is 0 Å². The lowest BCUT2D eigenvalue weighted by Crippen LogP contribution is -2.49. The second-order valence-electron chi connectivity index (χ2n) is 6.21. The normalized spacial score (nSPS) is 19.1. The highest BCUT2D eigenvalue weighted by Gasteiger charge is 2.32. The van der Waals surface area contributed by atoms with Crippen LogP contribution in [0, 0.1) is 0 Å². The molecule has 1 aliphatic carbocycles. The first-order valence-electron chi connectivity index (χ1n) is 8.05. The monoisotopic (exact) mass is 330 g/mol. The molecule has 1 aliphatic heterocycles. The zero-order chi connectivity index (χ0) is 15.8. The Balaban J connectivity index is 1.44. The zero-order valence-electron chi connectivity index (χ0n) is 12.9. The van der Waals surface area contributed by atoms with Gasteiger partial charge in [-0.25, -0.2) is 4.68 Å². The molecule has 2 aromatic rings. The van der Waals surface area contributed by atoms with Gasteiger partial charge in [0.1, 0.15) is 0 Å². The molecule has 6 heteroatoms. The lowest BCUT2D eigenvalue weighted by atomic mass is 10.2. The number of carbonyl (C=O) groups excluding carboxylic acids is 1. The number of amides is 1. The van der Waals surface area contributed by atoms with Crippen molar-refractivity contribution in [2.24, 2.45) is 0 Å². The summed E-state index contributed by atoms with van der Waals surface area (Å²) in [4.78, 5) is 17.1. The summed E-state index contributed by atoms with van der Waals surface area (Å²) in [5, 5.41) is 4.99. The number of rotatable bonds is 3. The largest absolute Gasteiger partial charge is 0.336 e. The van der Waals surface area contributed by atoms with Crippen molar-refractivity contribution < 1.29 is 4.79 Å². The number of halogens is 1. The Hall–Kier alpha value is -1.85. The van der Waals surface area contributed by atoms with E-state index in [1.807, 2.05) is 29.2 Å². The van der Waals surface area contributed by atoms with Crippen molar-refractivity contribution in [2.45, 2.75) is 18.9 Å². The summed E-state index contributed by atoms with van der Waals surface area (Å²) in [6.45, 7) is 3.59. The van der Waals surface area contributed by atoms with Crippen molar-refractivity contribution in [1.82, 2.24) is 19.6 Å². The van der Waals surface area contributed by atoms with Gasteiger partial charge in [0.15, 0.2) is 0 Å². The van der Waals surface area contributed by atoms with E-state index < -0.39 is 0 Å². The minimum absolute atomic E-state index is 0.0701. The molecule has 0 N–H and O–H groups in total. The van der Waals surface area contributed by atoms with Crippen LogP contribution in [0.1, 0.15) is 23.2 Å². The smallest absolute Gasteiger partial charge is 0.257 e. The summed E-state index contributed by atoms with van der Waals surface area (Å²) in [5.74, 6) is 0.0701. The summed E-state index contributed by atoms with van der Waals surface area (Å²) in [5.41, 5.74) is 1.53. The zero-order valence-corrected chi connectivity index (χ0v) is 13.6. The second kappa shape index (κ2) is 5.98. The van der Waals surface area contributed by atoms with Crippen LogP contribution in [0.3, 0.4) is 0 Å². The molecule has 2 aliphatic rings. The molecule has 1 saturated heterocycles. The van der Waals surface area contributed by atoms with Crippen molar-refractivity contribution in [1.29, 1.82) is 0 Å². The molecular weight excluding hydrogens is 312 g/mol. The number of carbonyl (C=O) groups is 1. The van der Waals surface area contributed by atoms with E-state index in [2.05, 4.69) is 10.00 Å². The van der Waals surface area contributed by atoms with Crippen molar-refractivity contribution in [3.8, 4) is 5.69 Å². The summed E-state index contributed by atoms with van der Waals surface area (Å²) in [6, 6.07) is 8.18. The van der Waals surface area contributed by atoms with Crippen LogP contribution in [-0.4, -0.2) is 57.7 Å². The Morgan fingerprint density at radius 1 is 1.09 bits per heavy atom. The first kappa shape index (κ1) is 14.7. The molecule has 0 bridgehead atoms. The third-order valence-corrected chi connectivity index (χ3v) is 4.84. The van der Waals surface area contributed by atoms with Gasteiger partial charge in [-0.2, -0.15) is 5.10 Å². The maximum atomic E-state index is 12.6. The number of nitrogens with zero attached hydrogens (tertiary/aromatic N) is 4. The highest BCUT2D eigenvalue weighted by molar-refractivity contribution is 6.30. The van der Waals surface area contributed by atoms with Crippen LogP contribution in [-0.2, 0) is 0 Å². The van der Waals surface area contributed by atoms with E-state index in [1.54, 1.807) is 17.1 Å². The number of hydrogen-bond donors (Lipinski definition) is 0. The minimum Gasteiger partial charge on any atom is -0.336 e. The van der Waals surface area contributed by atoms with E-state index in [0.29, 0.717) is 10.6 Å². The van der Waals surface area contributed by atoms with Gasteiger partial charge in [0.25, 0.3) is 5.91 Å². The lowest BCUT2D eigenvalue weighted by Gasteiger charge is -2.34. The van der Waals surface area contributed by atoms with E-state index in [9.17, 15) is 4.79 Å². The van der Waals surface area contributed by atoms with Crippen molar-refractivity contribution in [3.63, 3.8) is 0 Å². The number of aromatic nitrogens is 2. The molecule has 4 rings (SSSR count). The molecule has 2 heterocycles. The molecule has 0 atom stereocenters. The SMILES string of the molecule is O=C(c1cnn(-c2ccc(Cl)cc2)c1)N1CCN(C2CC2)CC1. The molecule has 1 aromatic heterocycles. The minimum atomic E-state index is 0.0701. The summed E-state index contributed by atoms with van der Waals surface area (Å²) in [7, 11) is 0. The van der Waals surface area contributed by atoms with Gasteiger partial charge < -0.3 is 4.90 Å². The van der Waals surface area contributed by atoms with Crippen molar-refractivity contribution in [2.75, 3.05) is 26.2 Å². The maximum absolute atomic E-state index is 12.6. The molecule has 1 aromatic carbocycles. The maximum Gasteiger partial charge on any atom is 0.257 e. The van der Waals surface area contributed by atoms with Gasteiger partial charge in [0.05, 0.1) is 17.4 Å². The quantitative estimate of drug-likeness (QED) is 0.868. The Labute approximate surface area is 140 Å². The second-order valence-corrected chi connectivity index (χ2v) is 6.65. The van der Waals surface area contributed by atoms with Gasteiger partial charge in [-0.15, -0.1) is 0 Å². The standard InChI is InChI=1S/C17H19ClN4O/c18-14-1-3-16(4-2-14)22-12-13(11-19-22)17(23)21-9-7-20(8-10-21)15-5-6-15/h1-4,11-12,15H,5-10H2. The van der Waals surface area contributed by atoms with Crippen molar-refractivity contribution >= 4 is 17.5 Å². The molecule has 0 radical (unpaired) electrons. The molecule has 2 fully saturated rings. The van der Waals surface area contributed by atoms with Gasteiger partial charge in [-0.05, 0) is 37.1 Å². The first-order chi connectivity index (χ1) is 11.2. The van der Waals surface area contributed by atoms with Crippen LogP contribution in [0.15, 0.2) is 36.7 Å². The van der Waals surface area contributed by atoms with Crippen molar-refractivity contribution in [3.05, 3.63) is 47.2 Å². The average Bonchev–Trinajstić information content (AvgIpc) is 3.32. The summed E-state index contributed by atoms with van der Waals surface area (Å²) >= 11 is 5.90. The van der Waals surface area contributed by atoms with Gasteiger partial charge >= 0.3 is 0 Å². The molecule has 120 valence electrons. The molecule has 1 saturated carbocycles. The highest BCUT2D eigenvalue weighted by Crippen LogP contribution is 2.27. The number of hydrogen-bond acceptors (Lipinski definition) is 3. The predicted octanol–water partition coefficient (Wildman–Crippen LogP) is 2.45. The van der Waals surface area contributed by atoms with E-state index in [-0.39, 0.29) is 5.91 Å². The Bertz CT molecular complexity index is 700. The molecule has 0 unspecified atom stereocenters. The fourth-order valence-corrected chi connectivity index (χ4v) is 3.21. The number of benzene rings is 1. The third kappa shape index (κ3) is 3.12. The van der Waals surface area contributed by atoms with Crippen LogP contribution in [0.2, 0.25) is 5.02 Å².